The lowest BCUT2D eigenvalue weighted by Crippen LogP contribution is -2.52. The quantitative estimate of drug-likeness (QED) is 0.804. The van der Waals surface area contributed by atoms with Crippen LogP contribution in [0.5, 0.6) is 0 Å². The van der Waals surface area contributed by atoms with Gasteiger partial charge in [0.25, 0.3) is 0 Å². The standard InChI is InChI=1S/C16H24N4O3/c1-12-11-17-7-6-13(12)18-8-9-19-15(21)14-5-3-4-10-20(14)16(22)23-2/h6-7,11,14H,3-5,8-10H2,1-2H3,(H,17,18)(H,19,21). The Hall–Kier alpha value is -2.31. The lowest BCUT2D eigenvalue weighted by atomic mass is 10.0. The maximum atomic E-state index is 12.3. The predicted octanol–water partition coefficient (Wildman–Crippen LogP) is 1.54. The van der Waals surface area contributed by atoms with Crippen molar-refractivity contribution in [3.8, 4) is 0 Å². The third kappa shape index (κ3) is 4.58. The first-order valence-electron chi connectivity index (χ1n) is 7.90. The largest absolute Gasteiger partial charge is 0.453 e. The summed E-state index contributed by atoms with van der Waals surface area (Å²) in [5.41, 5.74) is 2.06. The molecule has 0 radical (unpaired) electrons. The van der Waals surface area contributed by atoms with Crippen LogP contribution in [0.15, 0.2) is 18.5 Å². The number of hydrogen-bond acceptors (Lipinski definition) is 5. The molecule has 2 amide bonds. The minimum Gasteiger partial charge on any atom is -0.453 e. The van der Waals surface area contributed by atoms with Gasteiger partial charge in [0.05, 0.1) is 7.11 Å². The highest BCUT2D eigenvalue weighted by atomic mass is 16.5. The molecule has 2 N–H and O–H groups in total. The monoisotopic (exact) mass is 320 g/mol. The molecule has 1 saturated heterocycles. The summed E-state index contributed by atoms with van der Waals surface area (Å²) in [6, 6.07) is 1.47. The number of likely N-dealkylation sites (tertiary alicyclic amines) is 1. The number of aromatic nitrogens is 1. The molecule has 7 nitrogen and oxygen atoms in total. The van der Waals surface area contributed by atoms with Crippen molar-refractivity contribution in [2.45, 2.75) is 32.2 Å². The molecule has 0 aliphatic carbocycles. The molecule has 1 unspecified atom stereocenters. The molecule has 2 heterocycles. The molecule has 0 bridgehead atoms. The highest BCUT2D eigenvalue weighted by molar-refractivity contribution is 5.85. The average Bonchev–Trinajstić information content (AvgIpc) is 2.59. The van der Waals surface area contributed by atoms with Crippen LogP contribution >= 0.6 is 0 Å². The predicted molar refractivity (Wildman–Crippen MR) is 87.2 cm³/mol. The number of nitrogens with one attached hydrogen (secondary N) is 2. The van der Waals surface area contributed by atoms with E-state index in [1.807, 2.05) is 13.0 Å². The number of carbonyl (C=O) groups excluding carboxylic acids is 2. The molecular formula is C16H24N4O3. The fourth-order valence-corrected chi connectivity index (χ4v) is 2.71. The highest BCUT2D eigenvalue weighted by Crippen LogP contribution is 2.18. The van der Waals surface area contributed by atoms with Gasteiger partial charge >= 0.3 is 6.09 Å². The Balaban J connectivity index is 1.79. The van der Waals surface area contributed by atoms with Gasteiger partial charge in [-0.3, -0.25) is 14.7 Å². The van der Waals surface area contributed by atoms with Gasteiger partial charge in [0.15, 0.2) is 0 Å². The number of ether oxygens (including phenoxy) is 1. The van der Waals surface area contributed by atoms with Gasteiger partial charge in [0, 0.05) is 37.7 Å². The minimum absolute atomic E-state index is 0.122. The van der Waals surface area contributed by atoms with Crippen LogP contribution in [-0.4, -0.2) is 54.7 Å². The molecule has 0 saturated carbocycles. The lowest BCUT2D eigenvalue weighted by Gasteiger charge is -2.33. The Labute approximate surface area is 136 Å². The van der Waals surface area contributed by atoms with Crippen LogP contribution in [0.1, 0.15) is 24.8 Å². The Morgan fingerprint density at radius 3 is 2.96 bits per heavy atom. The number of rotatable bonds is 5. The van der Waals surface area contributed by atoms with Gasteiger partial charge < -0.3 is 15.4 Å². The van der Waals surface area contributed by atoms with Crippen LogP contribution in [0.4, 0.5) is 10.5 Å². The van der Waals surface area contributed by atoms with Crippen molar-refractivity contribution in [3.05, 3.63) is 24.0 Å². The summed E-state index contributed by atoms with van der Waals surface area (Å²) in [6.07, 6.45) is 5.61. The third-order valence-corrected chi connectivity index (χ3v) is 3.97. The Kier molecular flexibility index (Phi) is 6.19. The maximum Gasteiger partial charge on any atom is 0.410 e. The molecule has 2 rings (SSSR count). The second-order valence-corrected chi connectivity index (χ2v) is 5.58. The summed E-state index contributed by atoms with van der Waals surface area (Å²) in [7, 11) is 1.34. The van der Waals surface area contributed by atoms with Gasteiger partial charge in [-0.2, -0.15) is 0 Å². The maximum absolute atomic E-state index is 12.3. The normalized spacial score (nSPS) is 17.5. The smallest absolute Gasteiger partial charge is 0.410 e. The van der Waals surface area contributed by atoms with Gasteiger partial charge in [-0.15, -0.1) is 0 Å². The van der Waals surface area contributed by atoms with E-state index in [9.17, 15) is 9.59 Å². The molecule has 126 valence electrons. The molecule has 1 aromatic rings. The summed E-state index contributed by atoms with van der Waals surface area (Å²) in [5, 5.41) is 6.14. The minimum atomic E-state index is -0.435. The Morgan fingerprint density at radius 1 is 1.39 bits per heavy atom. The first-order chi connectivity index (χ1) is 11.1. The molecule has 23 heavy (non-hydrogen) atoms. The fourth-order valence-electron chi connectivity index (χ4n) is 2.71. The first kappa shape index (κ1) is 17.1. The van der Waals surface area contributed by atoms with Crippen molar-refractivity contribution in [2.24, 2.45) is 0 Å². The van der Waals surface area contributed by atoms with E-state index in [0.29, 0.717) is 26.1 Å². The zero-order valence-electron chi connectivity index (χ0n) is 13.7. The number of carbonyl (C=O) groups is 2. The molecule has 1 aliphatic heterocycles. The van der Waals surface area contributed by atoms with Crippen molar-refractivity contribution in [1.82, 2.24) is 15.2 Å². The molecule has 0 spiro atoms. The average molecular weight is 320 g/mol. The first-order valence-corrected chi connectivity index (χ1v) is 7.90. The van der Waals surface area contributed by atoms with E-state index < -0.39 is 12.1 Å². The number of aryl methyl sites for hydroxylation is 1. The van der Waals surface area contributed by atoms with Gasteiger partial charge in [-0.1, -0.05) is 0 Å². The van der Waals surface area contributed by atoms with E-state index in [1.54, 1.807) is 12.4 Å². The van der Waals surface area contributed by atoms with E-state index in [-0.39, 0.29) is 5.91 Å². The van der Waals surface area contributed by atoms with E-state index in [1.165, 1.54) is 12.0 Å². The van der Waals surface area contributed by atoms with Gasteiger partial charge in [0.1, 0.15) is 6.04 Å². The molecule has 1 fully saturated rings. The van der Waals surface area contributed by atoms with Crippen LogP contribution in [0.2, 0.25) is 0 Å². The molecule has 1 aliphatic rings. The molecule has 1 aromatic heterocycles. The van der Waals surface area contributed by atoms with Gasteiger partial charge in [-0.05, 0) is 37.8 Å². The zero-order valence-corrected chi connectivity index (χ0v) is 13.7. The summed E-state index contributed by atoms with van der Waals surface area (Å²) >= 11 is 0. The van der Waals surface area contributed by atoms with Crippen LogP contribution in [0.3, 0.4) is 0 Å². The van der Waals surface area contributed by atoms with Crippen LogP contribution in [-0.2, 0) is 9.53 Å². The number of anilines is 1. The molecule has 1 atom stereocenters. The number of pyridine rings is 1. The summed E-state index contributed by atoms with van der Waals surface area (Å²) in [4.78, 5) is 29.6. The van der Waals surface area contributed by atoms with E-state index in [4.69, 9.17) is 4.74 Å². The number of nitrogens with zero attached hydrogens (tertiary/aromatic N) is 2. The SMILES string of the molecule is COC(=O)N1CCCCC1C(=O)NCCNc1ccncc1C. The van der Waals surface area contributed by atoms with Crippen molar-refractivity contribution >= 4 is 17.7 Å². The fraction of sp³-hybridized carbons (Fsp3) is 0.562. The Morgan fingerprint density at radius 2 is 2.22 bits per heavy atom. The summed E-state index contributed by atoms with van der Waals surface area (Å²) in [5.74, 6) is -0.122. The molecule has 0 aromatic carbocycles. The lowest BCUT2D eigenvalue weighted by molar-refractivity contribution is -0.126. The number of hydrogen-bond donors (Lipinski definition) is 2. The molecule has 7 heteroatoms. The zero-order chi connectivity index (χ0) is 16.7. The number of methoxy groups -OCH3 is 1. The van der Waals surface area contributed by atoms with Crippen molar-refractivity contribution in [2.75, 3.05) is 32.1 Å². The van der Waals surface area contributed by atoms with Gasteiger partial charge in [0.2, 0.25) is 5.91 Å². The van der Waals surface area contributed by atoms with Crippen LogP contribution in [0.25, 0.3) is 0 Å². The molecular weight excluding hydrogens is 296 g/mol. The van der Waals surface area contributed by atoms with Crippen molar-refractivity contribution in [1.29, 1.82) is 0 Å². The van der Waals surface area contributed by atoms with E-state index in [2.05, 4.69) is 15.6 Å². The second-order valence-electron chi connectivity index (χ2n) is 5.58. The second kappa shape index (κ2) is 8.36. The Bertz CT molecular complexity index is 550. The third-order valence-electron chi connectivity index (χ3n) is 3.97. The number of piperidine rings is 1. The van der Waals surface area contributed by atoms with Crippen LogP contribution < -0.4 is 10.6 Å². The van der Waals surface area contributed by atoms with Crippen LogP contribution in [0, 0.1) is 6.92 Å². The summed E-state index contributed by atoms with van der Waals surface area (Å²) in [6.45, 7) is 3.65. The van der Waals surface area contributed by atoms with Gasteiger partial charge in [-0.25, -0.2) is 4.79 Å². The topological polar surface area (TPSA) is 83.6 Å². The van der Waals surface area contributed by atoms with E-state index >= 15 is 0 Å². The van der Waals surface area contributed by atoms with Crippen molar-refractivity contribution in [3.63, 3.8) is 0 Å². The number of amides is 2. The highest BCUT2D eigenvalue weighted by Gasteiger charge is 2.32. The van der Waals surface area contributed by atoms with E-state index in [0.717, 1.165) is 24.1 Å². The summed E-state index contributed by atoms with van der Waals surface area (Å²) < 4.78 is 4.76. The van der Waals surface area contributed by atoms with Crippen molar-refractivity contribution < 1.29 is 14.3 Å².